The Morgan fingerprint density at radius 1 is 1.71 bits per heavy atom. The Kier molecular flexibility index (Phi) is 1.64. The van der Waals surface area contributed by atoms with Crippen molar-refractivity contribution in [1.82, 2.24) is 9.55 Å². The third-order valence-corrected chi connectivity index (χ3v) is 2.19. The molecule has 0 fully saturated rings. The molecule has 0 bridgehead atoms. The highest BCUT2D eigenvalue weighted by Gasteiger charge is 2.21. The first-order valence-corrected chi connectivity index (χ1v) is 4.11. The van der Waals surface area contributed by atoms with Gasteiger partial charge in [-0.05, 0) is 0 Å². The summed E-state index contributed by atoms with van der Waals surface area (Å²) in [5, 5.41) is 16.5. The molecule has 0 saturated heterocycles. The van der Waals surface area contributed by atoms with Crippen LogP contribution >= 0.6 is 0 Å². The van der Waals surface area contributed by atoms with Crippen molar-refractivity contribution in [3.05, 3.63) is 23.8 Å². The summed E-state index contributed by atoms with van der Waals surface area (Å²) in [4.78, 5) is 6.00. The number of nitrogens with zero attached hydrogens (tertiary/aromatic N) is 4. The maximum atomic E-state index is 8.74. The zero-order chi connectivity index (χ0) is 10.3. The van der Waals surface area contributed by atoms with E-state index >= 15 is 0 Å². The first kappa shape index (κ1) is 8.51. The van der Waals surface area contributed by atoms with Crippen LogP contribution in [0.4, 0.5) is 5.95 Å². The highest BCUT2D eigenvalue weighted by molar-refractivity contribution is 5.61. The highest BCUT2D eigenvalue weighted by atomic mass is 15.3. The van der Waals surface area contributed by atoms with Crippen molar-refractivity contribution in [1.29, 1.82) is 10.7 Å². The maximum Gasteiger partial charge on any atom is 0.211 e. The van der Waals surface area contributed by atoms with Gasteiger partial charge in [-0.15, -0.1) is 0 Å². The number of rotatable bonds is 0. The van der Waals surface area contributed by atoms with Gasteiger partial charge in [0.1, 0.15) is 11.6 Å². The van der Waals surface area contributed by atoms with Crippen LogP contribution in [0.5, 0.6) is 0 Å². The SMILES string of the molecule is C=C1CN(C)c2ncc(C#N)c(=N)n21. The van der Waals surface area contributed by atoms with E-state index in [4.69, 9.17) is 10.7 Å². The molecule has 14 heavy (non-hydrogen) atoms. The van der Waals surface area contributed by atoms with Crippen molar-refractivity contribution < 1.29 is 0 Å². The number of anilines is 1. The molecule has 0 spiro atoms. The molecule has 1 N–H and O–H groups in total. The molecule has 0 aliphatic carbocycles. The molecule has 1 aliphatic heterocycles. The average molecular weight is 187 g/mol. The number of hydrogen-bond acceptors (Lipinski definition) is 4. The predicted octanol–water partition coefficient (Wildman–Crippen LogP) is 0.155. The van der Waals surface area contributed by atoms with Crippen LogP contribution < -0.4 is 10.4 Å². The summed E-state index contributed by atoms with van der Waals surface area (Å²) >= 11 is 0. The fourth-order valence-corrected chi connectivity index (χ4v) is 1.53. The van der Waals surface area contributed by atoms with Gasteiger partial charge in [-0.3, -0.25) is 9.98 Å². The molecule has 5 nitrogen and oxygen atoms in total. The summed E-state index contributed by atoms with van der Waals surface area (Å²) in [7, 11) is 1.88. The first-order chi connectivity index (χ1) is 6.65. The molecule has 0 radical (unpaired) electrons. The van der Waals surface area contributed by atoms with E-state index in [1.165, 1.54) is 6.20 Å². The second kappa shape index (κ2) is 2.70. The minimum absolute atomic E-state index is 0.159. The van der Waals surface area contributed by atoms with Crippen molar-refractivity contribution in [2.45, 2.75) is 0 Å². The number of nitriles is 1. The summed E-state index contributed by atoms with van der Waals surface area (Å²) in [5.74, 6) is 0.666. The number of aromatic nitrogens is 2. The van der Waals surface area contributed by atoms with Crippen LogP contribution in [0.25, 0.3) is 5.70 Å². The Morgan fingerprint density at radius 2 is 2.43 bits per heavy atom. The normalized spacial score (nSPS) is 14.0. The van der Waals surface area contributed by atoms with Gasteiger partial charge in [-0.2, -0.15) is 5.26 Å². The van der Waals surface area contributed by atoms with Gasteiger partial charge >= 0.3 is 0 Å². The third kappa shape index (κ3) is 0.941. The zero-order valence-electron chi connectivity index (χ0n) is 7.78. The van der Waals surface area contributed by atoms with Crippen LogP contribution in [-0.2, 0) is 0 Å². The molecule has 2 heterocycles. The smallest absolute Gasteiger partial charge is 0.211 e. The van der Waals surface area contributed by atoms with Gasteiger partial charge in [0.05, 0.1) is 12.7 Å². The van der Waals surface area contributed by atoms with Gasteiger partial charge in [-0.25, -0.2) is 4.98 Å². The summed E-state index contributed by atoms with van der Waals surface area (Å²) < 4.78 is 1.60. The molecular formula is C9H9N5. The third-order valence-electron chi connectivity index (χ3n) is 2.19. The van der Waals surface area contributed by atoms with Crippen molar-refractivity contribution in [2.24, 2.45) is 0 Å². The van der Waals surface area contributed by atoms with Crippen LogP contribution in [0.15, 0.2) is 12.8 Å². The van der Waals surface area contributed by atoms with Gasteiger partial charge < -0.3 is 4.90 Å². The largest absolute Gasteiger partial charge is 0.339 e. The van der Waals surface area contributed by atoms with Crippen LogP contribution in [-0.4, -0.2) is 23.1 Å². The Morgan fingerprint density at radius 3 is 3.07 bits per heavy atom. The molecule has 2 rings (SSSR count). The van der Waals surface area contributed by atoms with E-state index < -0.39 is 0 Å². The maximum absolute atomic E-state index is 8.74. The lowest BCUT2D eigenvalue weighted by atomic mass is 10.3. The molecule has 0 unspecified atom stereocenters. The monoisotopic (exact) mass is 187 g/mol. The number of fused-ring (bicyclic) bond motifs is 1. The van der Waals surface area contributed by atoms with E-state index in [0.717, 1.165) is 5.70 Å². The van der Waals surface area contributed by atoms with E-state index in [2.05, 4.69) is 11.6 Å². The van der Waals surface area contributed by atoms with E-state index in [0.29, 0.717) is 12.5 Å². The molecule has 5 heteroatoms. The van der Waals surface area contributed by atoms with Crippen LogP contribution in [0.3, 0.4) is 0 Å². The molecule has 70 valence electrons. The molecule has 1 aromatic heterocycles. The highest BCUT2D eigenvalue weighted by Crippen LogP contribution is 2.20. The van der Waals surface area contributed by atoms with E-state index in [-0.39, 0.29) is 11.1 Å². The Bertz CT molecular complexity index is 505. The predicted molar refractivity (Wildman–Crippen MR) is 51.4 cm³/mol. The fourth-order valence-electron chi connectivity index (χ4n) is 1.53. The first-order valence-electron chi connectivity index (χ1n) is 4.11. The average Bonchev–Trinajstić information content (AvgIpc) is 2.44. The Balaban J connectivity index is 2.79. The number of likely N-dealkylation sites (N-methyl/N-ethyl adjacent to an activating group) is 1. The lowest BCUT2D eigenvalue weighted by Crippen LogP contribution is -2.21. The van der Waals surface area contributed by atoms with Crippen LogP contribution in [0.2, 0.25) is 0 Å². The van der Waals surface area contributed by atoms with Crippen molar-refractivity contribution in [3.63, 3.8) is 0 Å². The summed E-state index contributed by atoms with van der Waals surface area (Å²) in [6.07, 6.45) is 1.42. The standard InChI is InChI=1S/C9H9N5/c1-6-5-13(2)9-12-4-7(3-10)8(11)14(6)9/h4,11H,1,5H2,2H3. The van der Waals surface area contributed by atoms with Crippen molar-refractivity contribution in [3.8, 4) is 6.07 Å². The van der Waals surface area contributed by atoms with E-state index in [1.54, 1.807) is 4.57 Å². The number of nitrogens with one attached hydrogen (secondary N) is 1. The van der Waals surface area contributed by atoms with Gasteiger partial charge in [0.2, 0.25) is 5.95 Å². The lowest BCUT2D eigenvalue weighted by Gasteiger charge is -2.08. The van der Waals surface area contributed by atoms with Crippen LogP contribution in [0.1, 0.15) is 5.56 Å². The minimum atomic E-state index is 0.159. The summed E-state index contributed by atoms with van der Waals surface area (Å²) in [5.41, 5.74) is 1.20. The Hall–Kier alpha value is -2.09. The zero-order valence-corrected chi connectivity index (χ0v) is 7.78. The number of hydrogen-bond donors (Lipinski definition) is 1. The van der Waals surface area contributed by atoms with E-state index in [9.17, 15) is 0 Å². The van der Waals surface area contributed by atoms with Gasteiger partial charge in [0, 0.05) is 12.7 Å². The molecular weight excluding hydrogens is 178 g/mol. The minimum Gasteiger partial charge on any atom is -0.339 e. The van der Waals surface area contributed by atoms with Crippen molar-refractivity contribution in [2.75, 3.05) is 18.5 Å². The lowest BCUT2D eigenvalue weighted by molar-refractivity contribution is 0.914. The van der Waals surface area contributed by atoms with Crippen molar-refractivity contribution >= 4 is 11.6 Å². The van der Waals surface area contributed by atoms with E-state index in [1.807, 2.05) is 18.0 Å². The quantitative estimate of drug-likeness (QED) is 0.628. The molecule has 0 saturated carbocycles. The Labute approximate surface area is 81.0 Å². The second-order valence-corrected chi connectivity index (χ2v) is 3.19. The van der Waals surface area contributed by atoms with Gasteiger partial charge in [0.15, 0.2) is 5.49 Å². The second-order valence-electron chi connectivity index (χ2n) is 3.19. The summed E-state index contributed by atoms with van der Waals surface area (Å²) in [6, 6.07) is 1.93. The molecule has 1 aliphatic rings. The van der Waals surface area contributed by atoms with Gasteiger partial charge in [0.25, 0.3) is 0 Å². The molecule has 0 aromatic carbocycles. The fraction of sp³-hybridized carbons (Fsp3) is 0.222. The molecule has 1 aromatic rings. The molecule has 0 amide bonds. The molecule has 0 atom stereocenters. The summed E-state index contributed by atoms with van der Waals surface area (Å²) in [6.45, 7) is 4.48. The van der Waals surface area contributed by atoms with Crippen LogP contribution in [0, 0.1) is 16.7 Å². The topological polar surface area (TPSA) is 68.7 Å². The van der Waals surface area contributed by atoms with Gasteiger partial charge in [-0.1, -0.05) is 6.58 Å².